The number of rotatable bonds is 4. The summed E-state index contributed by atoms with van der Waals surface area (Å²) in [5.74, 6) is -0.506. The Hall–Kier alpha value is -2.16. The van der Waals surface area contributed by atoms with Crippen molar-refractivity contribution in [2.24, 2.45) is 5.41 Å². The molecule has 1 fully saturated rings. The summed E-state index contributed by atoms with van der Waals surface area (Å²) in [6.07, 6.45) is 0. The van der Waals surface area contributed by atoms with Crippen LogP contribution in [-0.2, 0) is 9.84 Å². The normalized spacial score (nSPS) is 27.1. The van der Waals surface area contributed by atoms with Crippen molar-refractivity contribution in [2.45, 2.75) is 16.1 Å². The highest BCUT2D eigenvalue weighted by atomic mass is 32.2. The highest BCUT2D eigenvalue weighted by molar-refractivity contribution is 7.92. The number of benzene rings is 2. The van der Waals surface area contributed by atoms with Crippen LogP contribution in [0.1, 0.15) is 11.5 Å². The van der Waals surface area contributed by atoms with E-state index in [0.717, 1.165) is 5.56 Å². The highest BCUT2D eigenvalue weighted by Gasteiger charge is 2.72. The van der Waals surface area contributed by atoms with Crippen LogP contribution in [0, 0.1) is 16.7 Å². The summed E-state index contributed by atoms with van der Waals surface area (Å²) in [5, 5.41) is 18.3. The lowest BCUT2D eigenvalue weighted by Gasteiger charge is -2.05. The van der Waals surface area contributed by atoms with Crippen molar-refractivity contribution >= 4 is 9.84 Å². The van der Waals surface area contributed by atoms with E-state index in [0.29, 0.717) is 0 Å². The average molecular weight is 313 g/mol. The van der Waals surface area contributed by atoms with E-state index < -0.39 is 33.0 Å². The molecule has 3 rings (SSSR count). The van der Waals surface area contributed by atoms with E-state index in [9.17, 15) is 18.8 Å². The van der Waals surface area contributed by atoms with Gasteiger partial charge in [0.2, 0.25) is 0 Å². The standard InChI is InChI=1S/C17H15NO3S/c18-11-17(12-19)15(13-7-3-1-4-8-13)16(17)22(20,21)14-9-5-2-6-10-14/h1-10,15-16,19H,12H2/t15-,16-,17+/m0/s1. The molecule has 0 aliphatic heterocycles. The van der Waals surface area contributed by atoms with Gasteiger partial charge < -0.3 is 5.11 Å². The first-order chi connectivity index (χ1) is 10.6. The molecule has 2 aromatic rings. The van der Waals surface area contributed by atoms with Crippen LogP contribution in [0.5, 0.6) is 0 Å². The van der Waals surface area contributed by atoms with Crippen molar-refractivity contribution in [3.05, 3.63) is 66.2 Å². The first-order valence-corrected chi connectivity index (χ1v) is 8.48. The molecule has 2 aromatic carbocycles. The first-order valence-electron chi connectivity index (χ1n) is 6.94. The van der Waals surface area contributed by atoms with Gasteiger partial charge in [-0.15, -0.1) is 0 Å². The minimum atomic E-state index is -3.68. The van der Waals surface area contributed by atoms with Crippen LogP contribution < -0.4 is 0 Å². The van der Waals surface area contributed by atoms with E-state index in [1.165, 1.54) is 12.1 Å². The molecule has 1 aliphatic rings. The highest BCUT2D eigenvalue weighted by Crippen LogP contribution is 2.63. The van der Waals surface area contributed by atoms with Crippen LogP contribution in [0.2, 0.25) is 0 Å². The minimum Gasteiger partial charge on any atom is -0.395 e. The van der Waals surface area contributed by atoms with Gasteiger partial charge in [0.1, 0.15) is 5.41 Å². The second-order valence-corrected chi connectivity index (χ2v) is 7.55. The van der Waals surface area contributed by atoms with Crippen LogP contribution in [0.15, 0.2) is 65.6 Å². The lowest BCUT2D eigenvalue weighted by Crippen LogP contribution is -2.18. The molecule has 0 saturated heterocycles. The number of hydrogen-bond donors (Lipinski definition) is 1. The Balaban J connectivity index is 2.08. The van der Waals surface area contributed by atoms with Gasteiger partial charge >= 0.3 is 0 Å². The van der Waals surface area contributed by atoms with Gasteiger partial charge in [0.05, 0.1) is 22.8 Å². The van der Waals surface area contributed by atoms with Gasteiger partial charge in [0, 0.05) is 5.92 Å². The Labute approximate surface area is 129 Å². The number of nitriles is 1. The molecule has 1 saturated carbocycles. The molecular formula is C17H15NO3S. The Bertz CT molecular complexity index is 812. The van der Waals surface area contributed by atoms with Crippen LogP contribution in [0.25, 0.3) is 0 Å². The molecule has 0 amide bonds. The third-order valence-corrected chi connectivity index (χ3v) is 6.58. The van der Waals surface area contributed by atoms with E-state index >= 15 is 0 Å². The molecule has 0 heterocycles. The first kappa shape index (κ1) is 14.8. The smallest absolute Gasteiger partial charge is 0.183 e. The Morgan fingerprint density at radius 3 is 2.09 bits per heavy atom. The lowest BCUT2D eigenvalue weighted by molar-refractivity contribution is 0.242. The molecular weight excluding hydrogens is 298 g/mol. The van der Waals surface area contributed by atoms with Crippen molar-refractivity contribution in [2.75, 3.05) is 6.61 Å². The lowest BCUT2D eigenvalue weighted by atomic mass is 10.0. The average Bonchev–Trinajstić information content (AvgIpc) is 3.27. The molecule has 4 nitrogen and oxygen atoms in total. The Morgan fingerprint density at radius 2 is 1.59 bits per heavy atom. The van der Waals surface area contributed by atoms with E-state index in [1.807, 2.05) is 12.1 Å². The van der Waals surface area contributed by atoms with E-state index in [4.69, 9.17) is 0 Å². The van der Waals surface area contributed by atoms with Crippen molar-refractivity contribution in [3.8, 4) is 6.07 Å². The molecule has 0 unspecified atom stereocenters. The SMILES string of the molecule is N#C[C@@]1(CO)[C@@H](c2ccccc2)[C@@H]1S(=O)(=O)c1ccccc1. The fourth-order valence-electron chi connectivity index (χ4n) is 3.11. The van der Waals surface area contributed by atoms with Crippen molar-refractivity contribution in [3.63, 3.8) is 0 Å². The monoisotopic (exact) mass is 313 g/mol. The summed E-state index contributed by atoms with van der Waals surface area (Å²) in [5.41, 5.74) is -0.502. The zero-order valence-electron chi connectivity index (χ0n) is 11.8. The third-order valence-electron chi connectivity index (χ3n) is 4.29. The molecule has 22 heavy (non-hydrogen) atoms. The molecule has 5 heteroatoms. The fourth-order valence-corrected chi connectivity index (χ4v) is 5.44. The van der Waals surface area contributed by atoms with E-state index in [-0.39, 0.29) is 4.90 Å². The number of nitrogens with zero attached hydrogens (tertiary/aromatic N) is 1. The summed E-state index contributed by atoms with van der Waals surface area (Å²) in [6.45, 7) is -0.472. The Morgan fingerprint density at radius 1 is 1.05 bits per heavy atom. The van der Waals surface area contributed by atoms with Gasteiger partial charge in [-0.1, -0.05) is 48.5 Å². The minimum absolute atomic E-state index is 0.187. The quantitative estimate of drug-likeness (QED) is 0.938. The topological polar surface area (TPSA) is 78.2 Å². The third kappa shape index (κ3) is 2.04. The molecule has 1 aliphatic carbocycles. The summed E-state index contributed by atoms with van der Waals surface area (Å²) in [6, 6.07) is 19.2. The predicted octanol–water partition coefficient (Wildman–Crippen LogP) is 2.13. The molecule has 0 aromatic heterocycles. The maximum atomic E-state index is 12.8. The molecule has 1 N–H and O–H groups in total. The summed E-state index contributed by atoms with van der Waals surface area (Å²) in [4.78, 5) is 0.187. The van der Waals surface area contributed by atoms with Crippen LogP contribution in [0.4, 0.5) is 0 Å². The van der Waals surface area contributed by atoms with E-state index in [1.54, 1.807) is 42.5 Å². The molecule has 0 bridgehead atoms. The maximum Gasteiger partial charge on any atom is 0.183 e. The number of aliphatic hydroxyl groups excluding tert-OH is 1. The summed E-state index contributed by atoms with van der Waals surface area (Å²) < 4.78 is 25.7. The fraction of sp³-hybridized carbons (Fsp3) is 0.235. The van der Waals surface area contributed by atoms with Crippen molar-refractivity contribution in [1.82, 2.24) is 0 Å². The number of sulfone groups is 1. The predicted molar refractivity (Wildman–Crippen MR) is 81.7 cm³/mol. The number of hydrogen-bond acceptors (Lipinski definition) is 4. The van der Waals surface area contributed by atoms with Gasteiger partial charge in [-0.2, -0.15) is 5.26 Å². The molecule has 3 atom stereocenters. The van der Waals surface area contributed by atoms with Crippen LogP contribution >= 0.6 is 0 Å². The number of aliphatic hydroxyl groups is 1. The van der Waals surface area contributed by atoms with Crippen molar-refractivity contribution < 1.29 is 13.5 Å². The largest absolute Gasteiger partial charge is 0.395 e. The zero-order valence-corrected chi connectivity index (χ0v) is 12.6. The summed E-state index contributed by atoms with van der Waals surface area (Å²) >= 11 is 0. The van der Waals surface area contributed by atoms with Gasteiger partial charge in [0.15, 0.2) is 9.84 Å². The van der Waals surface area contributed by atoms with Crippen LogP contribution in [0.3, 0.4) is 0 Å². The summed E-state index contributed by atoms with van der Waals surface area (Å²) in [7, 11) is -3.68. The Kier molecular flexibility index (Phi) is 3.51. The van der Waals surface area contributed by atoms with E-state index in [2.05, 4.69) is 0 Å². The molecule has 0 spiro atoms. The second kappa shape index (κ2) is 5.24. The maximum absolute atomic E-state index is 12.8. The van der Waals surface area contributed by atoms with Gasteiger partial charge in [0.25, 0.3) is 0 Å². The van der Waals surface area contributed by atoms with Gasteiger partial charge in [-0.25, -0.2) is 8.42 Å². The molecule has 112 valence electrons. The van der Waals surface area contributed by atoms with Crippen molar-refractivity contribution in [1.29, 1.82) is 5.26 Å². The van der Waals surface area contributed by atoms with Gasteiger partial charge in [-0.05, 0) is 17.7 Å². The molecule has 0 radical (unpaired) electrons. The second-order valence-electron chi connectivity index (χ2n) is 5.48. The zero-order chi connectivity index (χ0) is 15.8. The van der Waals surface area contributed by atoms with Gasteiger partial charge in [-0.3, -0.25) is 0 Å². The van der Waals surface area contributed by atoms with Crippen LogP contribution in [-0.4, -0.2) is 25.4 Å².